The number of rotatable bonds is 9. The second-order valence-corrected chi connectivity index (χ2v) is 7.99. The summed E-state index contributed by atoms with van der Waals surface area (Å²) in [5.74, 6) is 0.208. The molecule has 1 aliphatic heterocycles. The van der Waals surface area contributed by atoms with Gasteiger partial charge < -0.3 is 14.8 Å². The number of hydrogen-bond acceptors (Lipinski definition) is 4. The predicted molar refractivity (Wildman–Crippen MR) is 115 cm³/mol. The highest BCUT2D eigenvalue weighted by Gasteiger charge is 2.14. The van der Waals surface area contributed by atoms with Gasteiger partial charge in [-0.25, -0.2) is 0 Å². The molecule has 0 radical (unpaired) electrons. The van der Waals surface area contributed by atoms with E-state index in [0.29, 0.717) is 23.1 Å². The molecule has 0 bridgehead atoms. The summed E-state index contributed by atoms with van der Waals surface area (Å²) in [7, 11) is 1.90. The fourth-order valence-corrected chi connectivity index (χ4v) is 4.02. The van der Waals surface area contributed by atoms with Crippen molar-refractivity contribution in [2.24, 2.45) is 0 Å². The van der Waals surface area contributed by atoms with Crippen LogP contribution in [-0.2, 0) is 11.3 Å². The first-order valence-corrected chi connectivity index (χ1v) is 10.7. The minimum atomic E-state index is -0.0444. The zero-order valence-electron chi connectivity index (χ0n) is 16.7. The third kappa shape index (κ3) is 5.29. The fourth-order valence-electron chi connectivity index (χ4n) is 3.74. The summed E-state index contributed by atoms with van der Waals surface area (Å²) in [6.45, 7) is 4.70. The lowest BCUT2D eigenvalue weighted by Crippen LogP contribution is -2.35. The van der Waals surface area contributed by atoms with Crippen LogP contribution in [0, 0.1) is 4.77 Å². The monoisotopic (exact) mass is 402 g/mol. The molecule has 0 aliphatic carbocycles. The van der Waals surface area contributed by atoms with E-state index in [0.717, 1.165) is 37.9 Å². The number of para-hydroxylation sites is 1. The number of H-pyrrole nitrogens is 1. The molecule has 0 saturated carbocycles. The average Bonchev–Trinajstić information content (AvgIpc) is 3.21. The number of likely N-dealkylation sites (N-methyl/N-ethyl adjacent to an activating group) is 1. The molecule has 2 heterocycles. The van der Waals surface area contributed by atoms with Crippen molar-refractivity contribution in [1.29, 1.82) is 0 Å². The summed E-state index contributed by atoms with van der Waals surface area (Å²) < 4.78 is 2.09. The number of aromatic amines is 1. The number of carbonyl (C=O) groups excluding carboxylic acids is 1. The lowest BCUT2D eigenvalue weighted by Gasteiger charge is -2.21. The molecule has 0 atom stereocenters. The Morgan fingerprint density at radius 3 is 2.68 bits per heavy atom. The summed E-state index contributed by atoms with van der Waals surface area (Å²) in [5.41, 5.74) is 0.730. The van der Waals surface area contributed by atoms with Crippen LogP contribution in [0.4, 0.5) is 0 Å². The van der Waals surface area contributed by atoms with Gasteiger partial charge in [0, 0.05) is 33.1 Å². The molecule has 28 heavy (non-hydrogen) atoms. The molecule has 1 N–H and O–H groups in total. The predicted octanol–water partition coefficient (Wildman–Crippen LogP) is 3.17. The van der Waals surface area contributed by atoms with Gasteiger partial charge in [0.1, 0.15) is 0 Å². The standard InChI is InChI=1S/C21H30N4O2S/c1-23(15-16-24-12-7-8-13-24)19(26)11-3-2-6-14-25-20(27)17-9-4-5-10-18(17)22-21(25)28/h4-5,9-10H,2-3,6-8,11-16H2,1H3,(H,22,28). The molecule has 1 aromatic heterocycles. The van der Waals surface area contributed by atoms with Crippen LogP contribution in [0.25, 0.3) is 10.9 Å². The zero-order chi connectivity index (χ0) is 19.9. The van der Waals surface area contributed by atoms with Gasteiger partial charge in [-0.3, -0.25) is 14.2 Å². The molecule has 7 heteroatoms. The maximum Gasteiger partial charge on any atom is 0.262 e. The lowest BCUT2D eigenvalue weighted by atomic mass is 10.1. The van der Waals surface area contributed by atoms with Crippen molar-refractivity contribution in [3.05, 3.63) is 39.4 Å². The topological polar surface area (TPSA) is 61.3 Å². The molecule has 3 rings (SSSR count). The van der Waals surface area contributed by atoms with Crippen molar-refractivity contribution < 1.29 is 4.79 Å². The van der Waals surface area contributed by atoms with Crippen molar-refractivity contribution >= 4 is 29.0 Å². The number of nitrogens with one attached hydrogen (secondary N) is 1. The van der Waals surface area contributed by atoms with Crippen LogP contribution in [0.15, 0.2) is 29.1 Å². The number of benzene rings is 1. The van der Waals surface area contributed by atoms with E-state index in [1.54, 1.807) is 4.57 Å². The SMILES string of the molecule is CN(CCN1CCCC1)C(=O)CCCCCn1c(=S)[nH]c2ccccc2c1=O. The Bertz CT molecular complexity index is 914. The highest BCUT2D eigenvalue weighted by molar-refractivity contribution is 7.71. The van der Waals surface area contributed by atoms with E-state index in [1.807, 2.05) is 36.2 Å². The van der Waals surface area contributed by atoms with Crippen molar-refractivity contribution in [2.45, 2.75) is 45.1 Å². The molecule has 1 amide bonds. The number of fused-ring (bicyclic) bond motifs is 1. The third-order valence-electron chi connectivity index (χ3n) is 5.54. The first kappa shape index (κ1) is 20.7. The van der Waals surface area contributed by atoms with E-state index in [4.69, 9.17) is 12.2 Å². The molecule has 152 valence electrons. The van der Waals surface area contributed by atoms with Gasteiger partial charge in [0.05, 0.1) is 10.9 Å². The van der Waals surface area contributed by atoms with Gasteiger partial charge in [0.25, 0.3) is 5.56 Å². The average molecular weight is 403 g/mol. The van der Waals surface area contributed by atoms with E-state index in [1.165, 1.54) is 25.9 Å². The Balaban J connectivity index is 1.41. The maximum absolute atomic E-state index is 12.6. The van der Waals surface area contributed by atoms with Crippen molar-refractivity contribution in [3.63, 3.8) is 0 Å². The van der Waals surface area contributed by atoms with E-state index < -0.39 is 0 Å². The van der Waals surface area contributed by atoms with E-state index in [-0.39, 0.29) is 11.5 Å². The molecule has 1 aliphatic rings. The number of amides is 1. The Morgan fingerprint density at radius 1 is 1.14 bits per heavy atom. The molecular formula is C21H30N4O2S. The highest BCUT2D eigenvalue weighted by atomic mass is 32.1. The highest BCUT2D eigenvalue weighted by Crippen LogP contribution is 2.09. The quantitative estimate of drug-likeness (QED) is 0.517. The Hall–Kier alpha value is -1.99. The van der Waals surface area contributed by atoms with E-state index in [2.05, 4.69) is 9.88 Å². The normalized spacial score (nSPS) is 14.6. The summed E-state index contributed by atoms with van der Waals surface area (Å²) in [4.78, 5) is 32.3. The largest absolute Gasteiger partial charge is 0.344 e. The summed E-state index contributed by atoms with van der Waals surface area (Å²) in [6, 6.07) is 7.42. The molecule has 1 saturated heterocycles. The van der Waals surface area contributed by atoms with Gasteiger partial charge in [0.15, 0.2) is 4.77 Å². The molecule has 1 aromatic carbocycles. The second kappa shape index (κ2) is 9.98. The number of likely N-dealkylation sites (tertiary alicyclic amines) is 1. The van der Waals surface area contributed by atoms with Crippen LogP contribution >= 0.6 is 12.2 Å². The Morgan fingerprint density at radius 2 is 1.89 bits per heavy atom. The summed E-state index contributed by atoms with van der Waals surface area (Å²) in [5, 5.41) is 0.658. The smallest absolute Gasteiger partial charge is 0.262 e. The van der Waals surface area contributed by atoms with Gasteiger partial charge in [0.2, 0.25) is 5.91 Å². The zero-order valence-corrected chi connectivity index (χ0v) is 17.5. The van der Waals surface area contributed by atoms with Crippen LogP contribution in [0.1, 0.15) is 38.5 Å². The first-order chi connectivity index (χ1) is 13.6. The van der Waals surface area contributed by atoms with Crippen LogP contribution in [0.5, 0.6) is 0 Å². The molecule has 0 unspecified atom stereocenters. The van der Waals surface area contributed by atoms with Crippen molar-refractivity contribution in [2.75, 3.05) is 33.2 Å². The van der Waals surface area contributed by atoms with Gasteiger partial charge >= 0.3 is 0 Å². The van der Waals surface area contributed by atoms with Crippen LogP contribution in [0.3, 0.4) is 0 Å². The minimum absolute atomic E-state index is 0.0444. The second-order valence-electron chi connectivity index (χ2n) is 7.61. The number of carbonyl (C=O) groups is 1. The molecule has 0 spiro atoms. The number of unbranched alkanes of at least 4 members (excludes halogenated alkanes) is 2. The molecule has 2 aromatic rings. The third-order valence-corrected chi connectivity index (χ3v) is 5.86. The number of aromatic nitrogens is 2. The van der Waals surface area contributed by atoms with E-state index >= 15 is 0 Å². The van der Waals surface area contributed by atoms with Crippen molar-refractivity contribution in [1.82, 2.24) is 19.4 Å². The van der Waals surface area contributed by atoms with Gasteiger partial charge in [-0.05, 0) is 63.1 Å². The van der Waals surface area contributed by atoms with E-state index in [9.17, 15) is 9.59 Å². The van der Waals surface area contributed by atoms with Gasteiger partial charge in [-0.1, -0.05) is 18.6 Å². The Labute approximate surface area is 171 Å². The summed E-state index contributed by atoms with van der Waals surface area (Å²) in [6.07, 6.45) is 5.70. The first-order valence-electron chi connectivity index (χ1n) is 10.2. The Kier molecular flexibility index (Phi) is 7.39. The fraction of sp³-hybridized carbons (Fsp3) is 0.571. The van der Waals surface area contributed by atoms with Crippen LogP contribution in [-0.4, -0.2) is 58.5 Å². The summed E-state index contributed by atoms with van der Waals surface area (Å²) >= 11 is 5.34. The van der Waals surface area contributed by atoms with Gasteiger partial charge in [-0.2, -0.15) is 0 Å². The lowest BCUT2D eigenvalue weighted by molar-refractivity contribution is -0.130. The van der Waals surface area contributed by atoms with Gasteiger partial charge in [-0.15, -0.1) is 0 Å². The van der Waals surface area contributed by atoms with Crippen LogP contribution in [0.2, 0.25) is 0 Å². The number of hydrogen-bond donors (Lipinski definition) is 1. The molecule has 6 nitrogen and oxygen atoms in total. The molecule has 1 fully saturated rings. The van der Waals surface area contributed by atoms with Crippen LogP contribution < -0.4 is 5.56 Å². The molecular weight excluding hydrogens is 372 g/mol. The maximum atomic E-state index is 12.6. The minimum Gasteiger partial charge on any atom is -0.344 e. The number of nitrogens with zero attached hydrogens (tertiary/aromatic N) is 3. The van der Waals surface area contributed by atoms with Crippen molar-refractivity contribution in [3.8, 4) is 0 Å².